The zero-order valence-corrected chi connectivity index (χ0v) is 25.5. The standard InChI is InChI=1S/C27H24BrCl2N5O4.ClH/c1-15-25(28)35-11-5-8-22(26(35)32-15)39-14-19-20(29)9-10-21(24(19)30)34(3)23(37)13-31-27(38)33-18-7-4-6-17(12-18)16(2)36;/h4-12H,13-14H2,1-3H3,(H2,31,33,38);1H. The van der Waals surface area contributed by atoms with Gasteiger partial charge in [0.1, 0.15) is 11.2 Å². The van der Waals surface area contributed by atoms with Crippen LogP contribution in [0, 0.1) is 6.92 Å². The van der Waals surface area contributed by atoms with Crippen LogP contribution in [-0.2, 0) is 11.4 Å². The third-order valence-corrected chi connectivity index (χ3v) is 7.65. The molecule has 0 bridgehead atoms. The molecule has 13 heteroatoms. The molecular weight excluding hydrogens is 645 g/mol. The van der Waals surface area contributed by atoms with E-state index in [0.717, 1.165) is 10.3 Å². The second-order valence-corrected chi connectivity index (χ2v) is 10.1. The second-order valence-electron chi connectivity index (χ2n) is 8.60. The van der Waals surface area contributed by atoms with Crippen LogP contribution in [0.4, 0.5) is 16.2 Å². The van der Waals surface area contributed by atoms with E-state index < -0.39 is 11.9 Å². The quantitative estimate of drug-likeness (QED) is 0.203. The number of Topliss-reactive ketones (excluding diaryl/α,β-unsaturated/α-hetero) is 1. The summed E-state index contributed by atoms with van der Waals surface area (Å²) < 4.78 is 8.71. The maximum Gasteiger partial charge on any atom is 0.319 e. The van der Waals surface area contributed by atoms with Crippen molar-refractivity contribution in [1.29, 1.82) is 0 Å². The molecule has 0 saturated carbocycles. The van der Waals surface area contributed by atoms with Gasteiger partial charge in [0.25, 0.3) is 0 Å². The number of benzene rings is 2. The lowest BCUT2D eigenvalue weighted by molar-refractivity contribution is -0.117. The summed E-state index contributed by atoms with van der Waals surface area (Å²) in [6.45, 7) is 3.06. The summed E-state index contributed by atoms with van der Waals surface area (Å²) >= 11 is 16.6. The molecule has 2 aromatic carbocycles. The Kier molecular flexibility index (Phi) is 10.4. The molecule has 9 nitrogen and oxygen atoms in total. The molecule has 2 heterocycles. The average molecular weight is 670 g/mol. The number of carbonyl (C=O) groups is 3. The van der Waals surface area contributed by atoms with Gasteiger partial charge in [-0.25, -0.2) is 9.78 Å². The Bertz CT molecular complexity index is 1590. The number of pyridine rings is 1. The number of halogens is 4. The average Bonchev–Trinajstić information content (AvgIpc) is 3.20. The first-order valence-electron chi connectivity index (χ1n) is 11.7. The molecule has 0 aliphatic carbocycles. The van der Waals surface area contributed by atoms with Crippen LogP contribution < -0.4 is 20.3 Å². The number of imidazole rings is 1. The van der Waals surface area contributed by atoms with E-state index in [0.29, 0.717) is 38.9 Å². The number of hydrogen-bond acceptors (Lipinski definition) is 5. The topological polar surface area (TPSA) is 105 Å². The van der Waals surface area contributed by atoms with Gasteiger partial charge < -0.3 is 20.3 Å². The number of likely N-dealkylation sites (N-methyl/N-ethyl adjacent to an activating group) is 1. The molecule has 0 aliphatic heterocycles. The Labute approximate surface area is 255 Å². The van der Waals surface area contributed by atoms with Crippen molar-refractivity contribution in [3.63, 3.8) is 0 Å². The fraction of sp³-hybridized carbons (Fsp3) is 0.185. The molecule has 210 valence electrons. The molecule has 0 fully saturated rings. The number of carbonyl (C=O) groups excluding carboxylic acids is 3. The summed E-state index contributed by atoms with van der Waals surface area (Å²) in [7, 11) is 1.55. The molecule has 0 atom stereocenters. The Morgan fingerprint density at radius 2 is 1.88 bits per heavy atom. The number of fused-ring (bicyclic) bond motifs is 1. The molecule has 0 radical (unpaired) electrons. The van der Waals surface area contributed by atoms with Gasteiger partial charge >= 0.3 is 6.03 Å². The minimum atomic E-state index is -0.594. The van der Waals surface area contributed by atoms with Crippen LogP contribution >= 0.6 is 51.5 Å². The van der Waals surface area contributed by atoms with Crippen molar-refractivity contribution >= 4 is 86.3 Å². The van der Waals surface area contributed by atoms with Crippen molar-refractivity contribution in [1.82, 2.24) is 14.7 Å². The van der Waals surface area contributed by atoms with E-state index in [1.54, 1.807) is 49.5 Å². The molecule has 0 aliphatic rings. The zero-order valence-electron chi connectivity index (χ0n) is 21.6. The summed E-state index contributed by atoms with van der Waals surface area (Å²) in [6, 6.07) is 12.8. The number of urea groups is 1. The fourth-order valence-corrected chi connectivity index (χ4v) is 4.75. The Morgan fingerprint density at radius 3 is 2.60 bits per heavy atom. The third kappa shape index (κ3) is 6.87. The summed E-state index contributed by atoms with van der Waals surface area (Å²) in [5.41, 5.74) is 3.24. The molecule has 0 spiro atoms. The number of aromatic nitrogens is 2. The Morgan fingerprint density at radius 1 is 1.12 bits per heavy atom. The minimum Gasteiger partial charge on any atom is -0.485 e. The Hall–Kier alpha value is -3.31. The monoisotopic (exact) mass is 667 g/mol. The van der Waals surface area contributed by atoms with Crippen molar-refractivity contribution in [2.24, 2.45) is 0 Å². The highest BCUT2D eigenvalue weighted by Crippen LogP contribution is 2.35. The third-order valence-electron chi connectivity index (χ3n) is 5.92. The lowest BCUT2D eigenvalue weighted by atomic mass is 10.1. The highest BCUT2D eigenvalue weighted by atomic mass is 79.9. The lowest BCUT2D eigenvalue weighted by Gasteiger charge is -2.21. The van der Waals surface area contributed by atoms with E-state index in [4.69, 9.17) is 27.9 Å². The lowest BCUT2D eigenvalue weighted by Crippen LogP contribution is -2.40. The van der Waals surface area contributed by atoms with Crippen LogP contribution in [-0.4, -0.2) is 40.7 Å². The van der Waals surface area contributed by atoms with Gasteiger partial charge in [-0.1, -0.05) is 35.3 Å². The molecule has 2 N–H and O–H groups in total. The number of ketones is 1. The first-order valence-corrected chi connectivity index (χ1v) is 13.3. The fourth-order valence-electron chi connectivity index (χ4n) is 3.77. The number of rotatable bonds is 8. The molecule has 3 amide bonds. The maximum atomic E-state index is 12.9. The molecule has 40 heavy (non-hydrogen) atoms. The van der Waals surface area contributed by atoms with Gasteiger partial charge in [0.15, 0.2) is 17.2 Å². The zero-order chi connectivity index (χ0) is 28.3. The second kappa shape index (κ2) is 13.4. The van der Waals surface area contributed by atoms with Crippen LogP contribution in [0.25, 0.3) is 5.65 Å². The molecule has 4 rings (SSSR count). The number of nitrogens with zero attached hydrogens (tertiary/aromatic N) is 3. The molecule has 4 aromatic rings. The van der Waals surface area contributed by atoms with E-state index in [2.05, 4.69) is 31.5 Å². The van der Waals surface area contributed by atoms with Crippen molar-refractivity contribution < 1.29 is 19.1 Å². The van der Waals surface area contributed by atoms with Gasteiger partial charge in [-0.2, -0.15) is 0 Å². The molecule has 2 aromatic heterocycles. The van der Waals surface area contributed by atoms with Crippen LogP contribution in [0.3, 0.4) is 0 Å². The van der Waals surface area contributed by atoms with Gasteiger partial charge in [0, 0.05) is 35.1 Å². The maximum absolute atomic E-state index is 12.9. The van der Waals surface area contributed by atoms with E-state index in [-0.39, 0.29) is 36.4 Å². The van der Waals surface area contributed by atoms with Gasteiger partial charge in [0.2, 0.25) is 5.91 Å². The van der Waals surface area contributed by atoms with E-state index in [9.17, 15) is 14.4 Å². The van der Waals surface area contributed by atoms with E-state index in [1.807, 2.05) is 23.6 Å². The molecule has 0 unspecified atom stereocenters. The number of amides is 3. The summed E-state index contributed by atoms with van der Waals surface area (Å²) in [5.74, 6) is 0.000689. The first kappa shape index (κ1) is 31.2. The van der Waals surface area contributed by atoms with E-state index >= 15 is 0 Å². The summed E-state index contributed by atoms with van der Waals surface area (Å²) in [6.07, 6.45) is 1.87. The van der Waals surface area contributed by atoms with Crippen LogP contribution in [0.5, 0.6) is 5.75 Å². The van der Waals surface area contributed by atoms with Crippen LogP contribution in [0.15, 0.2) is 59.3 Å². The van der Waals surface area contributed by atoms with Gasteiger partial charge in [0.05, 0.1) is 22.9 Å². The summed E-state index contributed by atoms with van der Waals surface area (Å²) in [4.78, 5) is 42.6. The van der Waals surface area contributed by atoms with Gasteiger partial charge in [-0.15, -0.1) is 12.4 Å². The minimum absolute atomic E-state index is 0. The van der Waals surface area contributed by atoms with Gasteiger partial charge in [-0.05, 0) is 66.2 Å². The Balaban J connectivity index is 0.00000441. The van der Waals surface area contributed by atoms with Crippen LogP contribution in [0.1, 0.15) is 28.5 Å². The van der Waals surface area contributed by atoms with Crippen molar-refractivity contribution in [2.75, 3.05) is 23.8 Å². The number of ether oxygens (including phenoxy) is 1. The smallest absolute Gasteiger partial charge is 0.319 e. The highest BCUT2D eigenvalue weighted by molar-refractivity contribution is 9.10. The van der Waals surface area contributed by atoms with Crippen molar-refractivity contribution in [3.05, 3.63) is 86.2 Å². The van der Waals surface area contributed by atoms with E-state index in [1.165, 1.54) is 11.8 Å². The van der Waals surface area contributed by atoms with Crippen molar-refractivity contribution in [3.8, 4) is 5.75 Å². The largest absolute Gasteiger partial charge is 0.485 e. The predicted octanol–water partition coefficient (Wildman–Crippen LogP) is 6.70. The molecule has 0 saturated heterocycles. The number of hydrogen-bond donors (Lipinski definition) is 2. The number of nitrogens with one attached hydrogen (secondary N) is 2. The normalized spacial score (nSPS) is 10.6. The highest BCUT2D eigenvalue weighted by Gasteiger charge is 2.20. The predicted molar refractivity (Wildman–Crippen MR) is 163 cm³/mol. The number of anilines is 2. The van der Waals surface area contributed by atoms with Crippen molar-refractivity contribution in [2.45, 2.75) is 20.5 Å². The SMILES string of the molecule is CC(=O)c1cccc(NC(=O)NCC(=O)N(C)c2ccc(Cl)c(COc3cccn4c(Br)c(C)nc34)c2Cl)c1.Cl. The van der Waals surface area contributed by atoms with Gasteiger partial charge in [-0.3, -0.25) is 14.0 Å². The summed E-state index contributed by atoms with van der Waals surface area (Å²) in [5, 5.41) is 5.74. The first-order chi connectivity index (χ1) is 18.6. The number of aryl methyl sites for hydroxylation is 1. The van der Waals surface area contributed by atoms with Crippen LogP contribution in [0.2, 0.25) is 10.0 Å². The molecular formula is C27H25BrCl3N5O4.